The lowest BCUT2D eigenvalue weighted by molar-refractivity contribution is -0.117. The normalized spacial score (nSPS) is 14.6. The minimum atomic E-state index is -0.431. The van der Waals surface area contributed by atoms with Gasteiger partial charge in [0.15, 0.2) is 10.1 Å². The van der Waals surface area contributed by atoms with Crippen molar-refractivity contribution in [2.75, 3.05) is 17.2 Å². The number of Topliss-reactive ketones (excluding diaryl/α,β-unsaturated/α-hetero) is 1. The summed E-state index contributed by atoms with van der Waals surface area (Å²) < 4.78 is 1.83. The summed E-state index contributed by atoms with van der Waals surface area (Å²) in [5, 5.41) is 12.5. The maximum Gasteiger partial charge on any atom is 0.297 e. The third kappa shape index (κ3) is 4.01. The summed E-state index contributed by atoms with van der Waals surface area (Å²) in [5.41, 5.74) is 0.939. The van der Waals surface area contributed by atoms with Crippen LogP contribution < -0.4 is 10.5 Å². The van der Waals surface area contributed by atoms with Crippen LogP contribution in [0, 0.1) is 0 Å². The van der Waals surface area contributed by atoms with E-state index in [0.29, 0.717) is 33.5 Å². The van der Waals surface area contributed by atoms with E-state index in [0.717, 1.165) is 12.1 Å². The van der Waals surface area contributed by atoms with Gasteiger partial charge in [-0.2, -0.15) is 4.52 Å². The Morgan fingerprint density at radius 3 is 2.73 bits per heavy atom. The fourth-order valence-corrected chi connectivity index (χ4v) is 4.97. The maximum atomic E-state index is 12.7. The first kappa shape index (κ1) is 20.7. The lowest BCUT2D eigenvalue weighted by Crippen LogP contribution is -2.30. The molecule has 3 aromatic rings. The predicted molar refractivity (Wildman–Crippen MR) is 117 cm³/mol. The average Bonchev–Trinajstić information content (AvgIpc) is 3.32. The number of aromatic nitrogens is 4. The lowest BCUT2D eigenvalue weighted by Gasteiger charge is -2.16. The Morgan fingerprint density at radius 2 is 2.03 bits per heavy atom. The van der Waals surface area contributed by atoms with Crippen LogP contribution in [0.5, 0.6) is 0 Å². The van der Waals surface area contributed by atoms with Crippen molar-refractivity contribution in [1.82, 2.24) is 19.8 Å². The fraction of sp³-hybridized carbons (Fsp3) is 0.400. The highest BCUT2D eigenvalue weighted by Gasteiger charge is 2.24. The molecule has 4 rings (SSSR count). The van der Waals surface area contributed by atoms with E-state index in [9.17, 15) is 14.4 Å². The number of benzene rings is 1. The topological polar surface area (TPSA) is 97.5 Å². The summed E-state index contributed by atoms with van der Waals surface area (Å²) in [6, 6.07) is 7.14. The van der Waals surface area contributed by atoms with Crippen molar-refractivity contribution in [2.45, 2.75) is 43.4 Å². The van der Waals surface area contributed by atoms with E-state index in [2.05, 4.69) is 15.3 Å². The van der Waals surface area contributed by atoms with Crippen molar-refractivity contribution in [2.24, 2.45) is 0 Å². The molecule has 30 heavy (non-hydrogen) atoms. The molecule has 1 aliphatic heterocycles. The molecule has 0 atom stereocenters. The van der Waals surface area contributed by atoms with E-state index in [1.807, 2.05) is 26.8 Å². The average molecular weight is 444 g/mol. The van der Waals surface area contributed by atoms with Gasteiger partial charge in [-0.1, -0.05) is 56.0 Å². The Labute approximate surface area is 181 Å². The third-order valence-corrected chi connectivity index (χ3v) is 6.79. The van der Waals surface area contributed by atoms with Crippen molar-refractivity contribution in [3.63, 3.8) is 0 Å². The van der Waals surface area contributed by atoms with Gasteiger partial charge in [-0.25, -0.2) is 0 Å². The molecule has 1 fully saturated rings. The largest absolute Gasteiger partial charge is 0.312 e. The van der Waals surface area contributed by atoms with Crippen LogP contribution in [0.25, 0.3) is 4.96 Å². The number of hydrogen-bond acceptors (Lipinski definition) is 8. The quantitative estimate of drug-likeness (QED) is 0.442. The van der Waals surface area contributed by atoms with Crippen LogP contribution in [-0.2, 0) is 10.2 Å². The molecule has 0 saturated carbocycles. The summed E-state index contributed by atoms with van der Waals surface area (Å²) in [6.07, 6.45) is 1.38. The number of carbonyl (C=O) groups is 2. The highest BCUT2D eigenvalue weighted by molar-refractivity contribution is 8.01. The summed E-state index contributed by atoms with van der Waals surface area (Å²) in [5.74, 6) is 0.192. The van der Waals surface area contributed by atoms with Crippen LogP contribution in [-0.4, -0.2) is 43.8 Å². The molecule has 1 aliphatic rings. The Hall–Kier alpha value is -2.59. The Balaban J connectivity index is 1.50. The van der Waals surface area contributed by atoms with E-state index in [-0.39, 0.29) is 23.0 Å². The number of fused-ring (bicyclic) bond motifs is 1. The van der Waals surface area contributed by atoms with E-state index in [1.165, 1.54) is 27.6 Å². The summed E-state index contributed by atoms with van der Waals surface area (Å²) in [7, 11) is 0. The summed E-state index contributed by atoms with van der Waals surface area (Å²) in [6.45, 7) is 6.38. The number of anilines is 1. The van der Waals surface area contributed by atoms with Gasteiger partial charge in [0.05, 0.1) is 5.75 Å². The number of hydrogen-bond donors (Lipinski definition) is 0. The molecule has 0 spiro atoms. The predicted octanol–water partition coefficient (Wildman–Crippen LogP) is 2.95. The zero-order valence-electron chi connectivity index (χ0n) is 16.9. The van der Waals surface area contributed by atoms with E-state index < -0.39 is 5.41 Å². The van der Waals surface area contributed by atoms with Crippen LogP contribution in [0.4, 0.5) is 5.69 Å². The second kappa shape index (κ2) is 7.92. The molecule has 0 bridgehead atoms. The zero-order valence-corrected chi connectivity index (χ0v) is 18.5. The zero-order chi connectivity index (χ0) is 21.5. The first-order valence-electron chi connectivity index (χ1n) is 9.57. The monoisotopic (exact) mass is 443 g/mol. The van der Waals surface area contributed by atoms with Crippen molar-refractivity contribution < 1.29 is 9.59 Å². The third-order valence-electron chi connectivity index (χ3n) is 4.76. The minimum absolute atomic E-state index is 0.0680. The Bertz CT molecular complexity index is 1200. The van der Waals surface area contributed by atoms with E-state index in [4.69, 9.17) is 0 Å². The van der Waals surface area contributed by atoms with Gasteiger partial charge in [0.25, 0.3) is 5.56 Å². The van der Waals surface area contributed by atoms with E-state index >= 15 is 0 Å². The van der Waals surface area contributed by atoms with Gasteiger partial charge in [0.2, 0.25) is 10.9 Å². The standard InChI is InChI=1S/C20H21N5O3S2/c1-20(2,3)16-17(28)25-18(22-21-16)30-19(23-25)29-11-14(26)12-6-4-7-13(10-12)24-9-5-8-15(24)27/h4,6-7,10H,5,8-9,11H2,1-3H3. The second-order valence-electron chi connectivity index (χ2n) is 8.08. The number of rotatable bonds is 5. The van der Waals surface area contributed by atoms with Crippen LogP contribution >= 0.6 is 23.1 Å². The van der Waals surface area contributed by atoms with Gasteiger partial charge < -0.3 is 4.90 Å². The summed E-state index contributed by atoms with van der Waals surface area (Å²) in [4.78, 5) is 39.4. The van der Waals surface area contributed by atoms with Crippen molar-refractivity contribution in [1.29, 1.82) is 0 Å². The molecular formula is C20H21N5O3S2. The molecule has 0 aliphatic carbocycles. The SMILES string of the molecule is CC(C)(C)c1nnc2sc(SCC(=O)c3cccc(N4CCCC4=O)c3)nn2c1=O. The molecule has 1 saturated heterocycles. The van der Waals surface area contributed by atoms with Gasteiger partial charge in [0.1, 0.15) is 5.69 Å². The van der Waals surface area contributed by atoms with Gasteiger partial charge in [0, 0.05) is 29.6 Å². The minimum Gasteiger partial charge on any atom is -0.312 e. The van der Waals surface area contributed by atoms with Crippen LogP contribution in [0.1, 0.15) is 49.7 Å². The van der Waals surface area contributed by atoms with Gasteiger partial charge >= 0.3 is 0 Å². The van der Waals surface area contributed by atoms with E-state index in [1.54, 1.807) is 23.1 Å². The first-order chi connectivity index (χ1) is 14.2. The molecule has 10 heteroatoms. The molecule has 8 nitrogen and oxygen atoms in total. The molecule has 0 unspecified atom stereocenters. The molecule has 1 aromatic carbocycles. The Morgan fingerprint density at radius 1 is 1.23 bits per heavy atom. The molecule has 1 amide bonds. The molecule has 156 valence electrons. The first-order valence-corrected chi connectivity index (χ1v) is 11.4. The maximum absolute atomic E-state index is 12.7. The van der Waals surface area contributed by atoms with Gasteiger partial charge in [-0.3, -0.25) is 14.4 Å². The molecule has 0 radical (unpaired) electrons. The van der Waals surface area contributed by atoms with Crippen LogP contribution in [0.15, 0.2) is 33.4 Å². The summed E-state index contributed by atoms with van der Waals surface area (Å²) >= 11 is 2.49. The highest BCUT2D eigenvalue weighted by Crippen LogP contribution is 2.26. The van der Waals surface area contributed by atoms with Crippen LogP contribution in [0.3, 0.4) is 0 Å². The fourth-order valence-electron chi connectivity index (χ4n) is 3.21. The van der Waals surface area contributed by atoms with Crippen LogP contribution in [0.2, 0.25) is 0 Å². The molecule has 0 N–H and O–H groups in total. The van der Waals surface area contributed by atoms with Crippen molar-refractivity contribution in [3.8, 4) is 0 Å². The smallest absolute Gasteiger partial charge is 0.297 e. The number of nitrogens with zero attached hydrogens (tertiary/aromatic N) is 5. The Kier molecular flexibility index (Phi) is 5.46. The lowest BCUT2D eigenvalue weighted by atomic mass is 9.93. The number of amides is 1. The molecule has 3 heterocycles. The van der Waals surface area contributed by atoms with Gasteiger partial charge in [-0.15, -0.1) is 15.3 Å². The number of thioether (sulfide) groups is 1. The second-order valence-corrected chi connectivity index (χ2v) is 10.3. The highest BCUT2D eigenvalue weighted by atomic mass is 32.2. The van der Waals surface area contributed by atoms with Crippen molar-refractivity contribution >= 4 is 45.4 Å². The van der Waals surface area contributed by atoms with Crippen molar-refractivity contribution in [3.05, 3.63) is 45.9 Å². The number of ketones is 1. The van der Waals surface area contributed by atoms with Gasteiger partial charge in [-0.05, 0) is 18.6 Å². The number of carbonyl (C=O) groups excluding carboxylic acids is 2. The molecule has 2 aromatic heterocycles. The molecular weight excluding hydrogens is 422 g/mol.